The van der Waals surface area contributed by atoms with Crippen LogP contribution in [0.15, 0.2) is 28.7 Å². The number of anilines is 2. The molecule has 4 N–H and O–H groups in total. The molecule has 10 nitrogen and oxygen atoms in total. The van der Waals surface area contributed by atoms with E-state index in [1.165, 1.54) is 23.6 Å². The lowest BCUT2D eigenvalue weighted by Crippen LogP contribution is -2.20. The van der Waals surface area contributed by atoms with E-state index in [1.54, 1.807) is 0 Å². The number of benzene rings is 1. The molecule has 0 aliphatic carbocycles. The van der Waals surface area contributed by atoms with Gasteiger partial charge in [0.05, 0.1) is 5.69 Å². The van der Waals surface area contributed by atoms with Gasteiger partial charge in [0.2, 0.25) is 12.1 Å². The maximum absolute atomic E-state index is 11.8. The van der Waals surface area contributed by atoms with E-state index >= 15 is 0 Å². The van der Waals surface area contributed by atoms with Gasteiger partial charge in [0.25, 0.3) is 5.91 Å². The van der Waals surface area contributed by atoms with E-state index in [1.807, 2.05) is 0 Å². The number of nitrogens with one attached hydrogen (secondary N) is 2. The molecule has 0 atom stereocenters. The topological polar surface area (TPSA) is 150 Å². The van der Waals surface area contributed by atoms with Crippen molar-refractivity contribution in [2.45, 2.75) is 0 Å². The minimum atomic E-state index is -1.43. The van der Waals surface area contributed by atoms with E-state index < -0.39 is 24.2 Å². The number of thiazole rings is 1. The van der Waals surface area contributed by atoms with Crippen LogP contribution in [0.4, 0.5) is 10.8 Å². The third kappa shape index (κ3) is 5.16. The number of hydrogen-bond acceptors (Lipinski definition) is 8. The number of rotatable bonds is 8. The van der Waals surface area contributed by atoms with E-state index in [0.29, 0.717) is 11.4 Å². The first-order valence-corrected chi connectivity index (χ1v) is 8.04. The third-order valence-corrected chi connectivity index (χ3v) is 3.72. The Balaban J connectivity index is 2.01. The summed E-state index contributed by atoms with van der Waals surface area (Å²) in [5.74, 6) is -2.33. The molecule has 12 heteroatoms. The normalized spacial score (nSPS) is 10.9. The van der Waals surface area contributed by atoms with Gasteiger partial charge >= 0.3 is 5.97 Å². The largest absolute Gasteiger partial charge is 0.506 e. The Morgan fingerprint density at radius 3 is 2.88 bits per heavy atom. The van der Waals surface area contributed by atoms with Gasteiger partial charge in [-0.1, -0.05) is 16.8 Å². The Hall–Kier alpha value is -3.18. The van der Waals surface area contributed by atoms with Crippen LogP contribution in [0, 0.1) is 0 Å². The van der Waals surface area contributed by atoms with Crippen molar-refractivity contribution in [3.63, 3.8) is 0 Å². The minimum absolute atomic E-state index is 0.0419. The number of aromatic nitrogens is 1. The van der Waals surface area contributed by atoms with Crippen molar-refractivity contribution in [1.29, 1.82) is 0 Å². The molecule has 0 radical (unpaired) electrons. The summed E-state index contributed by atoms with van der Waals surface area (Å²) in [7, 11) is 0. The predicted molar refractivity (Wildman–Crippen MR) is 93.7 cm³/mol. The molecule has 136 valence electrons. The van der Waals surface area contributed by atoms with Gasteiger partial charge < -0.3 is 25.7 Å². The highest BCUT2D eigenvalue weighted by atomic mass is 35.5. The van der Waals surface area contributed by atoms with Crippen LogP contribution >= 0.6 is 22.9 Å². The van der Waals surface area contributed by atoms with Crippen molar-refractivity contribution in [1.82, 2.24) is 4.98 Å². The van der Waals surface area contributed by atoms with Crippen molar-refractivity contribution in [3.05, 3.63) is 34.3 Å². The second kappa shape index (κ2) is 8.78. The number of aromatic hydroxyl groups is 1. The van der Waals surface area contributed by atoms with Crippen molar-refractivity contribution in [3.8, 4) is 5.75 Å². The molecule has 0 fully saturated rings. The van der Waals surface area contributed by atoms with Gasteiger partial charge in [0.1, 0.15) is 11.4 Å². The fraction of sp³-hybridized carbons (Fsp3) is 0.0714. The molecule has 0 aliphatic heterocycles. The van der Waals surface area contributed by atoms with Gasteiger partial charge in [-0.15, -0.1) is 11.3 Å². The Morgan fingerprint density at radius 1 is 1.42 bits per heavy atom. The van der Waals surface area contributed by atoms with Crippen molar-refractivity contribution >= 4 is 57.8 Å². The number of amides is 2. The second-order valence-electron chi connectivity index (χ2n) is 4.53. The number of phenolic OH excluding ortho intramolecular Hbond substituents is 1. The number of oxime groups is 1. The lowest BCUT2D eigenvalue weighted by Gasteiger charge is -2.07. The van der Waals surface area contributed by atoms with E-state index in [0.717, 1.165) is 11.3 Å². The van der Waals surface area contributed by atoms with Gasteiger partial charge in [-0.25, -0.2) is 9.78 Å². The molecular formula is C14H11ClN4O6S. The summed E-state index contributed by atoms with van der Waals surface area (Å²) < 4.78 is 0. The Morgan fingerprint density at radius 2 is 2.19 bits per heavy atom. The fourth-order valence-electron chi connectivity index (χ4n) is 1.64. The highest BCUT2D eigenvalue weighted by Crippen LogP contribution is 2.26. The Labute approximate surface area is 155 Å². The molecular weight excluding hydrogens is 388 g/mol. The number of carbonyl (C=O) groups excluding carboxylic acids is 2. The lowest BCUT2D eigenvalue weighted by molar-refractivity contribution is -0.130. The van der Waals surface area contributed by atoms with E-state index in [2.05, 4.69) is 20.8 Å². The number of carboxylic acids is 1. The number of halogens is 1. The molecule has 0 saturated carbocycles. The first kappa shape index (κ1) is 19.1. The van der Waals surface area contributed by atoms with Crippen LogP contribution in [0.1, 0.15) is 5.69 Å². The zero-order chi connectivity index (χ0) is 19.1. The molecule has 1 aromatic carbocycles. The number of nitrogens with zero attached hydrogens (tertiary/aromatic N) is 2. The first-order valence-electron chi connectivity index (χ1n) is 6.78. The van der Waals surface area contributed by atoms with Crippen LogP contribution in [-0.4, -0.2) is 45.8 Å². The summed E-state index contributed by atoms with van der Waals surface area (Å²) in [4.78, 5) is 41.9. The SMILES string of the molecule is O=CNc1nc(/C(=N/OCC(=O)Nc2cc(Cl)ccc2O)C(=O)O)cs1. The molecule has 0 aliphatic rings. The summed E-state index contributed by atoms with van der Waals surface area (Å²) in [5.41, 5.74) is -0.518. The van der Waals surface area contributed by atoms with Crippen LogP contribution in [0.25, 0.3) is 0 Å². The van der Waals surface area contributed by atoms with Crippen LogP contribution in [0.5, 0.6) is 5.75 Å². The summed E-state index contributed by atoms with van der Waals surface area (Å²) >= 11 is 6.75. The molecule has 2 rings (SSSR count). The number of aliphatic carboxylic acids is 1. The molecule has 0 bridgehead atoms. The summed E-state index contributed by atoms with van der Waals surface area (Å²) in [6.07, 6.45) is 0.395. The summed E-state index contributed by atoms with van der Waals surface area (Å²) in [5, 5.41) is 28.6. The highest BCUT2D eigenvalue weighted by Gasteiger charge is 2.18. The van der Waals surface area contributed by atoms with Gasteiger partial charge in [-0.3, -0.25) is 9.59 Å². The monoisotopic (exact) mass is 398 g/mol. The van der Waals surface area contributed by atoms with Crippen LogP contribution in [-0.2, 0) is 19.2 Å². The average Bonchev–Trinajstić information content (AvgIpc) is 3.03. The molecule has 1 aromatic heterocycles. The average molecular weight is 399 g/mol. The number of carbonyl (C=O) groups is 3. The van der Waals surface area contributed by atoms with Crippen LogP contribution in [0.3, 0.4) is 0 Å². The van der Waals surface area contributed by atoms with Crippen LogP contribution in [0.2, 0.25) is 5.02 Å². The molecule has 2 aromatic rings. The minimum Gasteiger partial charge on any atom is -0.506 e. The van der Waals surface area contributed by atoms with E-state index in [4.69, 9.17) is 21.5 Å². The first-order chi connectivity index (χ1) is 12.4. The number of phenols is 1. The predicted octanol–water partition coefficient (Wildman–Crippen LogP) is 1.51. The molecule has 0 saturated heterocycles. The Bertz CT molecular complexity index is 869. The zero-order valence-corrected chi connectivity index (χ0v) is 14.4. The van der Waals surface area contributed by atoms with Gasteiger partial charge in [0, 0.05) is 10.4 Å². The maximum Gasteiger partial charge on any atom is 0.360 e. The standard InChI is InChI=1S/C14H11ClN4O6S/c15-7-1-2-10(21)8(3-7)17-11(22)4-25-19-12(13(23)24)9-5-26-14(18-9)16-6-20/h1-3,5-6,21H,4H2,(H,17,22)(H,23,24)(H,16,18,20)/b19-12-. The molecule has 0 spiro atoms. The number of carboxylic acid groups (broad SMARTS) is 1. The number of hydrogen-bond donors (Lipinski definition) is 4. The van der Waals surface area contributed by atoms with Gasteiger partial charge in [0.15, 0.2) is 11.7 Å². The smallest absolute Gasteiger partial charge is 0.360 e. The molecule has 2 amide bonds. The van der Waals surface area contributed by atoms with E-state index in [-0.39, 0.29) is 22.3 Å². The van der Waals surface area contributed by atoms with Crippen molar-refractivity contribution in [2.75, 3.05) is 17.2 Å². The van der Waals surface area contributed by atoms with Crippen LogP contribution < -0.4 is 10.6 Å². The molecule has 0 unspecified atom stereocenters. The quantitative estimate of drug-likeness (QED) is 0.228. The van der Waals surface area contributed by atoms with Gasteiger partial charge in [-0.2, -0.15) is 0 Å². The van der Waals surface area contributed by atoms with E-state index in [9.17, 15) is 19.5 Å². The zero-order valence-electron chi connectivity index (χ0n) is 12.8. The lowest BCUT2D eigenvalue weighted by atomic mass is 10.3. The Kier molecular flexibility index (Phi) is 6.47. The van der Waals surface area contributed by atoms with Crippen molar-refractivity contribution in [2.24, 2.45) is 5.16 Å². The maximum atomic E-state index is 11.8. The molecule has 1 heterocycles. The van der Waals surface area contributed by atoms with Crippen molar-refractivity contribution < 1.29 is 29.4 Å². The highest BCUT2D eigenvalue weighted by molar-refractivity contribution is 7.14. The molecule has 26 heavy (non-hydrogen) atoms. The fourth-order valence-corrected chi connectivity index (χ4v) is 2.47. The van der Waals surface area contributed by atoms with Gasteiger partial charge in [-0.05, 0) is 18.2 Å². The third-order valence-electron chi connectivity index (χ3n) is 2.72. The summed E-state index contributed by atoms with van der Waals surface area (Å²) in [6.45, 7) is -0.619. The summed E-state index contributed by atoms with van der Waals surface area (Å²) in [6, 6.07) is 4.07. The second-order valence-corrected chi connectivity index (χ2v) is 5.82.